The molecule has 2 unspecified atom stereocenters. The first-order valence-electron chi connectivity index (χ1n) is 5.85. The van der Waals surface area contributed by atoms with Gasteiger partial charge in [-0.1, -0.05) is 12.1 Å². The van der Waals surface area contributed by atoms with Gasteiger partial charge in [-0.25, -0.2) is 9.78 Å². The lowest BCUT2D eigenvalue weighted by Gasteiger charge is -2.42. The molecule has 0 saturated carbocycles. The van der Waals surface area contributed by atoms with Gasteiger partial charge in [0.15, 0.2) is 5.60 Å². The minimum absolute atomic E-state index is 0.0589. The Morgan fingerprint density at radius 2 is 2.06 bits per heavy atom. The first-order chi connectivity index (χ1) is 8.16. The lowest BCUT2D eigenvalue weighted by Crippen LogP contribution is -2.49. The molecule has 0 spiro atoms. The second-order valence-corrected chi connectivity index (χ2v) is 4.38. The molecule has 0 aliphatic carbocycles. The van der Waals surface area contributed by atoms with Gasteiger partial charge in [-0.2, -0.15) is 0 Å². The zero-order valence-electron chi connectivity index (χ0n) is 10.2. The van der Waals surface area contributed by atoms with E-state index in [9.17, 15) is 0 Å². The second-order valence-electron chi connectivity index (χ2n) is 4.38. The monoisotopic (exact) mass is 238 g/mol. The SMILES string of the molecule is CC1OOC1(C)c1ccc(OCCCO)cc1. The maximum atomic E-state index is 8.65. The highest BCUT2D eigenvalue weighted by Gasteiger charge is 2.45. The van der Waals surface area contributed by atoms with Crippen LogP contribution in [-0.4, -0.2) is 24.4 Å². The van der Waals surface area contributed by atoms with Crippen LogP contribution in [0.4, 0.5) is 0 Å². The zero-order chi connectivity index (χ0) is 12.3. The molecular formula is C13H18O4. The van der Waals surface area contributed by atoms with Crippen LogP contribution in [-0.2, 0) is 15.4 Å². The summed E-state index contributed by atoms with van der Waals surface area (Å²) >= 11 is 0. The quantitative estimate of drug-likeness (QED) is 0.629. The van der Waals surface area contributed by atoms with E-state index in [1.807, 2.05) is 38.1 Å². The van der Waals surface area contributed by atoms with E-state index in [1.165, 1.54) is 0 Å². The largest absolute Gasteiger partial charge is 0.494 e. The fourth-order valence-electron chi connectivity index (χ4n) is 1.71. The Kier molecular flexibility index (Phi) is 3.66. The molecule has 0 bridgehead atoms. The van der Waals surface area contributed by atoms with Crippen LogP contribution in [0.2, 0.25) is 0 Å². The topological polar surface area (TPSA) is 47.9 Å². The minimum Gasteiger partial charge on any atom is -0.494 e. The Hall–Kier alpha value is -1.10. The summed E-state index contributed by atoms with van der Waals surface area (Å²) in [6, 6.07) is 7.78. The first kappa shape index (κ1) is 12.4. The number of ether oxygens (including phenoxy) is 1. The molecule has 4 nitrogen and oxygen atoms in total. The van der Waals surface area contributed by atoms with Crippen molar-refractivity contribution in [3.05, 3.63) is 29.8 Å². The highest BCUT2D eigenvalue weighted by Crippen LogP contribution is 2.39. The van der Waals surface area contributed by atoms with Crippen molar-refractivity contribution in [2.75, 3.05) is 13.2 Å². The minimum atomic E-state index is -0.358. The van der Waals surface area contributed by atoms with Crippen molar-refractivity contribution >= 4 is 0 Å². The van der Waals surface area contributed by atoms with Crippen molar-refractivity contribution in [3.63, 3.8) is 0 Å². The lowest BCUT2D eigenvalue weighted by atomic mass is 9.89. The van der Waals surface area contributed by atoms with Crippen LogP contribution in [0.15, 0.2) is 24.3 Å². The third kappa shape index (κ3) is 2.44. The van der Waals surface area contributed by atoms with Gasteiger partial charge in [-0.3, -0.25) is 0 Å². The maximum absolute atomic E-state index is 8.65. The van der Waals surface area contributed by atoms with Gasteiger partial charge >= 0.3 is 0 Å². The summed E-state index contributed by atoms with van der Waals surface area (Å²) in [7, 11) is 0. The molecule has 2 atom stereocenters. The van der Waals surface area contributed by atoms with Crippen molar-refractivity contribution in [1.29, 1.82) is 0 Å². The van der Waals surface area contributed by atoms with Gasteiger partial charge in [0.25, 0.3) is 0 Å². The van der Waals surface area contributed by atoms with Crippen LogP contribution < -0.4 is 4.74 Å². The van der Waals surface area contributed by atoms with Crippen molar-refractivity contribution < 1.29 is 19.6 Å². The molecule has 0 amide bonds. The molecule has 0 radical (unpaired) electrons. The first-order valence-corrected chi connectivity index (χ1v) is 5.85. The van der Waals surface area contributed by atoms with E-state index in [4.69, 9.17) is 19.6 Å². The Balaban J connectivity index is 1.98. The van der Waals surface area contributed by atoms with E-state index in [0.717, 1.165) is 11.3 Å². The van der Waals surface area contributed by atoms with Crippen molar-refractivity contribution in [1.82, 2.24) is 0 Å². The standard InChI is InChI=1S/C13H18O4/c1-10-13(2,17-16-10)11-4-6-12(7-5-11)15-9-3-8-14/h4-7,10,14H,3,8-9H2,1-2H3. The van der Waals surface area contributed by atoms with Crippen molar-refractivity contribution in [2.45, 2.75) is 32.0 Å². The predicted octanol–water partition coefficient (Wildman–Crippen LogP) is 2.01. The molecule has 1 aromatic carbocycles. The molecule has 1 fully saturated rings. The van der Waals surface area contributed by atoms with Crippen molar-refractivity contribution in [2.24, 2.45) is 0 Å². The molecule has 1 saturated heterocycles. The van der Waals surface area contributed by atoms with Crippen LogP contribution in [0.3, 0.4) is 0 Å². The van der Waals surface area contributed by atoms with Gasteiger partial charge in [0, 0.05) is 13.0 Å². The summed E-state index contributed by atoms with van der Waals surface area (Å²) in [6.45, 7) is 4.67. The molecule has 94 valence electrons. The summed E-state index contributed by atoms with van der Waals surface area (Å²) < 4.78 is 5.46. The third-order valence-corrected chi connectivity index (χ3v) is 3.14. The maximum Gasteiger partial charge on any atom is 0.154 e. The van der Waals surface area contributed by atoms with Gasteiger partial charge in [0.2, 0.25) is 0 Å². The van der Waals surface area contributed by atoms with Crippen molar-refractivity contribution in [3.8, 4) is 5.75 Å². The summed E-state index contributed by atoms with van der Waals surface area (Å²) in [5.41, 5.74) is 0.717. The van der Waals surface area contributed by atoms with Crippen LogP contribution in [0.5, 0.6) is 5.75 Å². The number of aliphatic hydroxyl groups excluding tert-OH is 1. The van der Waals surface area contributed by atoms with E-state index < -0.39 is 0 Å². The molecule has 1 aliphatic rings. The Morgan fingerprint density at radius 3 is 2.53 bits per heavy atom. The van der Waals surface area contributed by atoms with Gasteiger partial charge in [-0.05, 0) is 31.5 Å². The molecule has 17 heavy (non-hydrogen) atoms. The fraction of sp³-hybridized carbons (Fsp3) is 0.538. The number of hydrogen-bond donors (Lipinski definition) is 1. The molecule has 1 N–H and O–H groups in total. The van der Waals surface area contributed by atoms with Crippen LogP contribution in [0, 0.1) is 0 Å². The fourth-order valence-corrected chi connectivity index (χ4v) is 1.71. The van der Waals surface area contributed by atoms with E-state index in [0.29, 0.717) is 13.0 Å². The average molecular weight is 238 g/mol. The third-order valence-electron chi connectivity index (χ3n) is 3.14. The Bertz CT molecular complexity index is 362. The molecular weight excluding hydrogens is 220 g/mol. The van der Waals surface area contributed by atoms with E-state index >= 15 is 0 Å². The van der Waals surface area contributed by atoms with Gasteiger partial charge < -0.3 is 9.84 Å². The second kappa shape index (κ2) is 5.04. The van der Waals surface area contributed by atoms with Crippen LogP contribution in [0.1, 0.15) is 25.8 Å². The summed E-state index contributed by atoms with van der Waals surface area (Å²) in [6.07, 6.45) is 0.705. The zero-order valence-corrected chi connectivity index (χ0v) is 10.2. The smallest absolute Gasteiger partial charge is 0.154 e. The van der Waals surface area contributed by atoms with Gasteiger partial charge in [-0.15, -0.1) is 0 Å². The van der Waals surface area contributed by atoms with Gasteiger partial charge in [0.1, 0.15) is 11.9 Å². The lowest BCUT2D eigenvalue weighted by molar-refractivity contribution is -0.509. The summed E-state index contributed by atoms with van der Waals surface area (Å²) in [5, 5.41) is 8.65. The molecule has 0 aromatic heterocycles. The molecule has 2 rings (SSSR count). The summed E-state index contributed by atoms with van der Waals surface area (Å²) in [5.74, 6) is 0.804. The van der Waals surface area contributed by atoms with Crippen LogP contribution in [0.25, 0.3) is 0 Å². The number of hydrogen-bond acceptors (Lipinski definition) is 4. The van der Waals surface area contributed by atoms with E-state index in [2.05, 4.69) is 0 Å². The normalized spacial score (nSPS) is 27.6. The highest BCUT2D eigenvalue weighted by molar-refractivity contribution is 5.31. The number of rotatable bonds is 5. The van der Waals surface area contributed by atoms with E-state index in [1.54, 1.807) is 0 Å². The molecule has 4 heteroatoms. The van der Waals surface area contributed by atoms with Gasteiger partial charge in [0.05, 0.1) is 6.61 Å². The van der Waals surface area contributed by atoms with Crippen LogP contribution >= 0.6 is 0 Å². The predicted molar refractivity (Wildman–Crippen MR) is 62.6 cm³/mol. The van der Waals surface area contributed by atoms with E-state index in [-0.39, 0.29) is 18.3 Å². The molecule has 1 aromatic rings. The Labute approximate surface area is 101 Å². The average Bonchev–Trinajstić information content (AvgIpc) is 2.37. The molecule has 1 aliphatic heterocycles. The summed E-state index contributed by atoms with van der Waals surface area (Å²) in [4.78, 5) is 10.1. The Morgan fingerprint density at radius 1 is 1.35 bits per heavy atom. The number of benzene rings is 1. The number of aliphatic hydroxyl groups is 1. The highest BCUT2D eigenvalue weighted by atomic mass is 17.3. The molecule has 1 heterocycles.